The molecule has 0 saturated heterocycles. The Kier molecular flexibility index (Phi) is 54.0. The Bertz CT molecular complexity index is 1160. The SMILES string of the molecule is CCCCCCC/C=C/C=C/C=C/CCCCCC(CC(=O)NC(CO)C(O)CCCCCCCCCCCCCCCCCCC)OC(=O)CCCCCCC/C=C/CCCCCCCCC. The summed E-state index contributed by atoms with van der Waals surface area (Å²) < 4.78 is 5.95. The van der Waals surface area contributed by atoms with E-state index in [1.165, 1.54) is 186 Å². The third kappa shape index (κ3) is 50.2. The van der Waals surface area contributed by atoms with E-state index < -0.39 is 18.2 Å². The average molecular weight is 955 g/mol. The van der Waals surface area contributed by atoms with Gasteiger partial charge in [-0.25, -0.2) is 0 Å². The summed E-state index contributed by atoms with van der Waals surface area (Å²) in [7, 11) is 0. The number of aliphatic hydroxyl groups is 2. The van der Waals surface area contributed by atoms with E-state index >= 15 is 0 Å². The summed E-state index contributed by atoms with van der Waals surface area (Å²) >= 11 is 0. The summed E-state index contributed by atoms with van der Waals surface area (Å²) in [5, 5.41) is 23.9. The molecule has 68 heavy (non-hydrogen) atoms. The van der Waals surface area contributed by atoms with Gasteiger partial charge in [-0.1, -0.05) is 268 Å². The number of allylic oxidation sites excluding steroid dienone is 8. The van der Waals surface area contributed by atoms with E-state index in [2.05, 4.69) is 74.7 Å². The quantitative estimate of drug-likeness (QED) is 0.0244. The molecule has 3 atom stereocenters. The van der Waals surface area contributed by atoms with Crippen molar-refractivity contribution in [1.29, 1.82) is 0 Å². The third-order valence-electron chi connectivity index (χ3n) is 13.7. The zero-order chi connectivity index (χ0) is 49.5. The number of unbranched alkanes of at least 4 members (excludes halogenated alkanes) is 36. The highest BCUT2D eigenvalue weighted by atomic mass is 16.5. The second-order valence-electron chi connectivity index (χ2n) is 20.5. The maximum Gasteiger partial charge on any atom is 0.306 e. The number of aliphatic hydroxyl groups excluding tert-OH is 2. The molecule has 0 spiro atoms. The van der Waals surface area contributed by atoms with Crippen molar-refractivity contribution in [3.63, 3.8) is 0 Å². The van der Waals surface area contributed by atoms with Crippen LogP contribution >= 0.6 is 0 Å². The van der Waals surface area contributed by atoms with Crippen LogP contribution in [0.3, 0.4) is 0 Å². The molecule has 3 unspecified atom stereocenters. The average Bonchev–Trinajstić information content (AvgIpc) is 3.33. The van der Waals surface area contributed by atoms with Gasteiger partial charge in [0.15, 0.2) is 0 Å². The molecule has 6 heteroatoms. The van der Waals surface area contributed by atoms with Crippen LogP contribution in [0.4, 0.5) is 0 Å². The van der Waals surface area contributed by atoms with Crippen LogP contribution in [-0.4, -0.2) is 46.9 Å². The fraction of sp³-hybridized carbons (Fsp3) is 0.839. The number of nitrogens with one attached hydrogen (secondary N) is 1. The van der Waals surface area contributed by atoms with Gasteiger partial charge in [0.25, 0.3) is 0 Å². The van der Waals surface area contributed by atoms with Crippen LogP contribution in [0.2, 0.25) is 0 Å². The summed E-state index contributed by atoms with van der Waals surface area (Å²) in [6, 6.07) is -0.715. The second kappa shape index (κ2) is 55.7. The van der Waals surface area contributed by atoms with Crippen molar-refractivity contribution in [2.24, 2.45) is 0 Å². The first kappa shape index (κ1) is 65.8. The predicted molar refractivity (Wildman–Crippen MR) is 296 cm³/mol. The van der Waals surface area contributed by atoms with Gasteiger partial charge in [-0.3, -0.25) is 9.59 Å². The van der Waals surface area contributed by atoms with Crippen molar-refractivity contribution < 1.29 is 24.5 Å². The summed E-state index contributed by atoms with van der Waals surface area (Å²) in [5.41, 5.74) is 0. The Hall–Kier alpha value is -2.18. The van der Waals surface area contributed by atoms with Crippen LogP contribution in [0.1, 0.15) is 310 Å². The van der Waals surface area contributed by atoms with E-state index in [4.69, 9.17) is 4.74 Å². The minimum atomic E-state index is -0.800. The van der Waals surface area contributed by atoms with Crippen LogP contribution in [0.5, 0.6) is 0 Å². The number of carbonyl (C=O) groups excluding carboxylic acids is 2. The number of ether oxygens (including phenoxy) is 1. The standard InChI is InChI=1S/C62H115NO5/c1-4-7-10-13-16-19-22-25-28-31-33-36-39-42-45-48-51-54-60(65)59(57-64)63-61(66)56-58(53-50-47-44-41-38-35-32-29-26-23-20-17-14-11-8-5-2)68-62(67)55-52-49-46-43-40-37-34-30-27-24-21-18-15-12-9-6-3/h23,26,29-30,32,34-35,38,58-60,64-65H,4-22,24-25,27-28,31,33,36-37,39-57H2,1-3H3,(H,63,66)/b26-23+,32-29+,34-30+,38-35+. The minimum Gasteiger partial charge on any atom is -0.462 e. The molecule has 0 aliphatic rings. The lowest BCUT2D eigenvalue weighted by Crippen LogP contribution is -2.46. The molecule has 0 aliphatic heterocycles. The lowest BCUT2D eigenvalue weighted by Gasteiger charge is -2.24. The van der Waals surface area contributed by atoms with Crippen LogP contribution in [-0.2, 0) is 14.3 Å². The Labute approximate surface area is 423 Å². The number of hydrogen-bond acceptors (Lipinski definition) is 5. The zero-order valence-corrected chi connectivity index (χ0v) is 45.5. The first-order valence-electron chi connectivity index (χ1n) is 29.9. The van der Waals surface area contributed by atoms with E-state index in [1.807, 2.05) is 0 Å². The number of rotatable bonds is 54. The van der Waals surface area contributed by atoms with Crippen LogP contribution in [0.15, 0.2) is 48.6 Å². The molecular weight excluding hydrogens is 839 g/mol. The predicted octanol–water partition coefficient (Wildman–Crippen LogP) is 18.6. The monoisotopic (exact) mass is 954 g/mol. The summed E-state index contributed by atoms with van der Waals surface area (Å²) in [6.07, 6.45) is 68.9. The largest absolute Gasteiger partial charge is 0.462 e. The third-order valence-corrected chi connectivity index (χ3v) is 13.7. The maximum absolute atomic E-state index is 13.3. The van der Waals surface area contributed by atoms with Gasteiger partial charge in [-0.2, -0.15) is 0 Å². The Morgan fingerprint density at radius 2 is 0.765 bits per heavy atom. The summed E-state index contributed by atoms with van der Waals surface area (Å²) in [6.45, 7) is 6.49. The van der Waals surface area contributed by atoms with Gasteiger partial charge >= 0.3 is 5.97 Å². The van der Waals surface area contributed by atoms with Gasteiger partial charge in [0, 0.05) is 6.42 Å². The highest BCUT2D eigenvalue weighted by molar-refractivity contribution is 5.77. The number of carbonyl (C=O) groups is 2. The first-order valence-corrected chi connectivity index (χ1v) is 29.9. The van der Waals surface area contributed by atoms with E-state index in [9.17, 15) is 19.8 Å². The molecule has 6 nitrogen and oxygen atoms in total. The Balaban J connectivity index is 4.60. The smallest absolute Gasteiger partial charge is 0.306 e. The lowest BCUT2D eigenvalue weighted by molar-refractivity contribution is -0.151. The van der Waals surface area contributed by atoms with Crippen molar-refractivity contribution in [3.8, 4) is 0 Å². The molecule has 0 aromatic carbocycles. The zero-order valence-electron chi connectivity index (χ0n) is 45.5. The molecule has 0 rings (SSSR count). The van der Waals surface area contributed by atoms with E-state index in [-0.39, 0.29) is 24.9 Å². The van der Waals surface area contributed by atoms with Gasteiger partial charge in [0.2, 0.25) is 5.91 Å². The lowest BCUT2D eigenvalue weighted by atomic mass is 10.0. The van der Waals surface area contributed by atoms with Crippen molar-refractivity contribution in [1.82, 2.24) is 5.32 Å². The minimum absolute atomic E-state index is 0.0531. The second-order valence-corrected chi connectivity index (χ2v) is 20.5. The van der Waals surface area contributed by atoms with Crippen LogP contribution in [0.25, 0.3) is 0 Å². The molecule has 398 valence electrons. The molecule has 0 aromatic heterocycles. The normalized spacial score (nSPS) is 13.4. The van der Waals surface area contributed by atoms with E-state index in [1.54, 1.807) is 0 Å². The first-order chi connectivity index (χ1) is 33.5. The molecule has 0 aromatic rings. The number of amides is 1. The van der Waals surface area contributed by atoms with E-state index in [0.717, 1.165) is 77.0 Å². The molecule has 0 radical (unpaired) electrons. The highest BCUT2D eigenvalue weighted by Crippen LogP contribution is 2.18. The maximum atomic E-state index is 13.3. The summed E-state index contributed by atoms with van der Waals surface area (Å²) in [4.78, 5) is 26.3. The van der Waals surface area contributed by atoms with Crippen molar-refractivity contribution in [2.75, 3.05) is 6.61 Å². The van der Waals surface area contributed by atoms with Gasteiger partial charge < -0.3 is 20.3 Å². The fourth-order valence-electron chi connectivity index (χ4n) is 9.13. The summed E-state index contributed by atoms with van der Waals surface area (Å²) in [5.74, 6) is -0.506. The fourth-order valence-corrected chi connectivity index (χ4v) is 9.13. The molecule has 0 bridgehead atoms. The molecule has 1 amide bonds. The van der Waals surface area contributed by atoms with Crippen molar-refractivity contribution in [2.45, 2.75) is 328 Å². The van der Waals surface area contributed by atoms with Gasteiger partial charge in [0.1, 0.15) is 6.10 Å². The van der Waals surface area contributed by atoms with Crippen LogP contribution < -0.4 is 5.32 Å². The highest BCUT2D eigenvalue weighted by Gasteiger charge is 2.24. The number of esters is 1. The van der Waals surface area contributed by atoms with Crippen LogP contribution in [0, 0.1) is 0 Å². The molecule has 3 N–H and O–H groups in total. The van der Waals surface area contributed by atoms with Gasteiger partial charge in [0.05, 0.1) is 25.2 Å². The Morgan fingerprint density at radius 1 is 0.426 bits per heavy atom. The van der Waals surface area contributed by atoms with Crippen molar-refractivity contribution >= 4 is 11.9 Å². The topological polar surface area (TPSA) is 95.9 Å². The van der Waals surface area contributed by atoms with E-state index in [0.29, 0.717) is 19.3 Å². The van der Waals surface area contributed by atoms with Gasteiger partial charge in [-0.05, 0) is 77.0 Å². The molecule has 0 fully saturated rings. The Morgan fingerprint density at radius 3 is 1.18 bits per heavy atom. The van der Waals surface area contributed by atoms with Crippen molar-refractivity contribution in [3.05, 3.63) is 48.6 Å². The number of hydrogen-bond donors (Lipinski definition) is 3. The molecule has 0 saturated carbocycles. The molecule has 0 heterocycles. The molecular formula is C62H115NO5. The molecule has 0 aliphatic carbocycles. The van der Waals surface area contributed by atoms with Gasteiger partial charge in [-0.15, -0.1) is 0 Å².